The number of amides is 1. The first-order valence-corrected chi connectivity index (χ1v) is 8.62. The Balaban J connectivity index is 1.96. The van der Waals surface area contributed by atoms with Crippen molar-refractivity contribution in [3.8, 4) is 0 Å². The fourth-order valence-electron chi connectivity index (χ4n) is 2.10. The lowest BCUT2D eigenvalue weighted by Gasteiger charge is -2.27. The fraction of sp³-hybridized carbons (Fsp3) is 0.429. The van der Waals surface area contributed by atoms with Crippen molar-refractivity contribution >= 4 is 21.9 Å². The monoisotopic (exact) mass is 327 g/mol. The molecule has 0 aliphatic carbocycles. The highest BCUT2D eigenvalue weighted by Gasteiger charge is 2.30. The van der Waals surface area contributed by atoms with Crippen LogP contribution in [0.25, 0.3) is 0 Å². The van der Waals surface area contributed by atoms with E-state index in [1.807, 2.05) is 0 Å². The van der Waals surface area contributed by atoms with Crippen molar-refractivity contribution in [3.05, 3.63) is 35.9 Å². The second-order valence-corrected chi connectivity index (χ2v) is 7.34. The number of carbonyl (C=O) groups excluding carboxylic acids is 1. The number of sulfone groups is 1. The molecule has 0 aromatic heterocycles. The van der Waals surface area contributed by atoms with Crippen molar-refractivity contribution in [2.45, 2.75) is 12.5 Å². The fourth-order valence-corrected chi connectivity index (χ4v) is 3.30. The molecule has 1 aromatic rings. The summed E-state index contributed by atoms with van der Waals surface area (Å²) in [7, 11) is -3.11. The Labute approximate surface area is 128 Å². The summed E-state index contributed by atoms with van der Waals surface area (Å²) in [6.45, 7) is 0.0533. The van der Waals surface area contributed by atoms with Gasteiger partial charge in [0.2, 0.25) is 6.10 Å². The van der Waals surface area contributed by atoms with Crippen LogP contribution in [0.15, 0.2) is 30.3 Å². The van der Waals surface area contributed by atoms with E-state index in [4.69, 9.17) is 4.74 Å². The standard InChI is InChI=1S/C14H17NO6S/c16-13(17)12(10-11-4-2-1-3-5-11)21-14(18)15-6-8-22(19,20)9-7-15/h1-5,12H,6-10H2,(H,16,17)/t12-/m0/s1. The molecule has 120 valence electrons. The first-order chi connectivity index (χ1) is 10.4. The summed E-state index contributed by atoms with van der Waals surface area (Å²) in [5, 5.41) is 9.17. The largest absolute Gasteiger partial charge is 0.478 e. The van der Waals surface area contributed by atoms with Gasteiger partial charge in [-0.15, -0.1) is 0 Å². The van der Waals surface area contributed by atoms with E-state index in [1.54, 1.807) is 30.3 Å². The molecule has 1 heterocycles. The van der Waals surface area contributed by atoms with Crippen molar-refractivity contribution in [3.63, 3.8) is 0 Å². The minimum absolute atomic E-state index is 0.0266. The molecule has 1 fully saturated rings. The molecule has 1 aliphatic rings. The SMILES string of the molecule is O=C(O)[C@H](Cc1ccccc1)OC(=O)N1CCS(=O)(=O)CC1. The topological polar surface area (TPSA) is 101 Å². The molecule has 1 saturated heterocycles. The van der Waals surface area contributed by atoms with Gasteiger partial charge >= 0.3 is 12.1 Å². The smallest absolute Gasteiger partial charge is 0.410 e. The second-order valence-electron chi connectivity index (χ2n) is 5.04. The zero-order valence-corrected chi connectivity index (χ0v) is 12.7. The van der Waals surface area contributed by atoms with E-state index >= 15 is 0 Å². The molecule has 7 nitrogen and oxygen atoms in total. The van der Waals surface area contributed by atoms with E-state index in [1.165, 1.54) is 4.90 Å². The minimum Gasteiger partial charge on any atom is -0.478 e. The van der Waals surface area contributed by atoms with Gasteiger partial charge in [0, 0.05) is 19.5 Å². The number of aliphatic carboxylic acids is 1. The summed E-state index contributed by atoms with van der Waals surface area (Å²) in [6, 6.07) is 8.84. The molecule has 1 aromatic carbocycles. The van der Waals surface area contributed by atoms with E-state index in [9.17, 15) is 23.1 Å². The van der Waals surface area contributed by atoms with E-state index in [-0.39, 0.29) is 31.0 Å². The third-order valence-electron chi connectivity index (χ3n) is 3.39. The van der Waals surface area contributed by atoms with Gasteiger partial charge in [0.15, 0.2) is 9.84 Å². The maximum Gasteiger partial charge on any atom is 0.410 e. The number of carboxylic acids is 1. The summed E-state index contributed by atoms with van der Waals surface area (Å²) in [5.74, 6) is -1.49. The lowest BCUT2D eigenvalue weighted by molar-refractivity contribution is -0.147. The normalized spacial score (nSPS) is 18.5. The number of ether oxygens (including phenoxy) is 1. The van der Waals surface area contributed by atoms with Crippen LogP contribution in [0, 0.1) is 0 Å². The van der Waals surface area contributed by atoms with Crippen molar-refractivity contribution in [1.82, 2.24) is 4.90 Å². The summed E-state index contributed by atoms with van der Waals surface area (Å²) < 4.78 is 27.7. The quantitative estimate of drug-likeness (QED) is 0.866. The Hall–Kier alpha value is -2.09. The van der Waals surface area contributed by atoms with Crippen LogP contribution in [0.1, 0.15) is 5.56 Å². The molecule has 0 spiro atoms. The van der Waals surface area contributed by atoms with Gasteiger partial charge in [0.25, 0.3) is 0 Å². The third kappa shape index (κ3) is 4.45. The molecule has 22 heavy (non-hydrogen) atoms. The Kier molecular flexibility index (Phi) is 5.02. The van der Waals surface area contributed by atoms with Crippen LogP contribution < -0.4 is 0 Å². The molecule has 0 radical (unpaired) electrons. The van der Waals surface area contributed by atoms with E-state index in [2.05, 4.69) is 0 Å². The molecular formula is C14H17NO6S. The average Bonchev–Trinajstić information content (AvgIpc) is 2.47. The Morgan fingerprint density at radius 1 is 1.18 bits per heavy atom. The van der Waals surface area contributed by atoms with Gasteiger partial charge in [-0.3, -0.25) is 0 Å². The molecule has 1 amide bonds. The summed E-state index contributed by atoms with van der Waals surface area (Å²) in [6.07, 6.45) is -2.03. The first kappa shape index (κ1) is 16.3. The van der Waals surface area contributed by atoms with Gasteiger partial charge in [0.1, 0.15) is 0 Å². The van der Waals surface area contributed by atoms with Crippen LogP contribution in [0.4, 0.5) is 4.79 Å². The number of hydrogen-bond donors (Lipinski definition) is 1. The highest BCUT2D eigenvalue weighted by molar-refractivity contribution is 7.91. The van der Waals surface area contributed by atoms with Gasteiger partial charge in [-0.1, -0.05) is 30.3 Å². The lowest BCUT2D eigenvalue weighted by Crippen LogP contribution is -2.46. The van der Waals surface area contributed by atoms with Gasteiger partial charge < -0.3 is 14.7 Å². The van der Waals surface area contributed by atoms with E-state index in [0.717, 1.165) is 5.56 Å². The minimum atomic E-state index is -3.11. The molecule has 1 atom stereocenters. The average molecular weight is 327 g/mol. The van der Waals surface area contributed by atoms with Crippen LogP contribution in [-0.4, -0.2) is 61.2 Å². The maximum absolute atomic E-state index is 12.0. The summed E-state index contributed by atoms with van der Waals surface area (Å²) in [4.78, 5) is 24.4. The van der Waals surface area contributed by atoms with Gasteiger partial charge in [-0.05, 0) is 5.56 Å². The van der Waals surface area contributed by atoms with E-state index < -0.39 is 28.0 Å². The lowest BCUT2D eigenvalue weighted by atomic mass is 10.1. The third-order valence-corrected chi connectivity index (χ3v) is 4.99. The van der Waals surface area contributed by atoms with Gasteiger partial charge in [-0.2, -0.15) is 0 Å². The zero-order chi connectivity index (χ0) is 16.2. The van der Waals surface area contributed by atoms with Crippen LogP contribution in [0.5, 0.6) is 0 Å². The Bertz CT molecular complexity index is 629. The molecule has 1 N–H and O–H groups in total. The highest BCUT2D eigenvalue weighted by atomic mass is 32.2. The van der Waals surface area contributed by atoms with Crippen LogP contribution in [-0.2, 0) is 25.8 Å². The maximum atomic E-state index is 12.0. The predicted molar refractivity (Wildman–Crippen MR) is 78.3 cm³/mol. The molecular weight excluding hydrogens is 310 g/mol. The van der Waals surface area contributed by atoms with Crippen molar-refractivity contribution in [2.75, 3.05) is 24.6 Å². The van der Waals surface area contributed by atoms with Crippen molar-refractivity contribution in [1.29, 1.82) is 0 Å². The number of benzene rings is 1. The zero-order valence-electron chi connectivity index (χ0n) is 11.8. The number of hydrogen-bond acceptors (Lipinski definition) is 5. The second kappa shape index (κ2) is 6.78. The Morgan fingerprint density at radius 2 is 1.77 bits per heavy atom. The molecule has 2 rings (SSSR count). The molecule has 0 saturated carbocycles. The number of rotatable bonds is 4. The van der Waals surface area contributed by atoms with Crippen LogP contribution in [0.2, 0.25) is 0 Å². The van der Waals surface area contributed by atoms with Crippen molar-refractivity contribution in [2.24, 2.45) is 0 Å². The van der Waals surface area contributed by atoms with Crippen molar-refractivity contribution < 1.29 is 27.9 Å². The summed E-state index contributed by atoms with van der Waals surface area (Å²) in [5.41, 5.74) is 0.740. The molecule has 0 bridgehead atoms. The van der Waals surface area contributed by atoms with Crippen LogP contribution in [0.3, 0.4) is 0 Å². The number of carbonyl (C=O) groups is 2. The highest BCUT2D eigenvalue weighted by Crippen LogP contribution is 2.11. The Morgan fingerprint density at radius 3 is 2.32 bits per heavy atom. The number of nitrogens with zero attached hydrogens (tertiary/aromatic N) is 1. The number of carboxylic acid groups (broad SMARTS) is 1. The molecule has 1 aliphatic heterocycles. The first-order valence-electron chi connectivity index (χ1n) is 6.80. The molecule has 0 unspecified atom stereocenters. The predicted octanol–water partition coefficient (Wildman–Crippen LogP) is 0.549. The van der Waals surface area contributed by atoms with Crippen LogP contribution >= 0.6 is 0 Å². The van der Waals surface area contributed by atoms with Gasteiger partial charge in [-0.25, -0.2) is 18.0 Å². The summed E-state index contributed by atoms with van der Waals surface area (Å²) >= 11 is 0. The molecule has 8 heteroatoms. The van der Waals surface area contributed by atoms with E-state index in [0.29, 0.717) is 0 Å². The van der Waals surface area contributed by atoms with Gasteiger partial charge in [0.05, 0.1) is 11.5 Å².